The normalized spacial score (nSPS) is 12.8. The molecule has 3 nitrogen and oxygen atoms in total. The van der Waals surface area contributed by atoms with Gasteiger partial charge in [-0.3, -0.25) is 4.79 Å². The fraction of sp³-hybridized carbons (Fsp3) is 0.562. The van der Waals surface area contributed by atoms with Gasteiger partial charge in [-0.25, -0.2) is 0 Å². The molecule has 0 aliphatic rings. The zero-order chi connectivity index (χ0) is 14.4. The summed E-state index contributed by atoms with van der Waals surface area (Å²) in [4.78, 5) is 11.6. The van der Waals surface area contributed by atoms with E-state index in [4.69, 9.17) is 5.73 Å². The summed E-state index contributed by atoms with van der Waals surface area (Å²) in [5.74, 6) is 0.974. The lowest BCUT2D eigenvalue weighted by Gasteiger charge is -2.15. The first kappa shape index (κ1) is 15.7. The predicted octanol–water partition coefficient (Wildman–Crippen LogP) is 2.97. The van der Waals surface area contributed by atoms with Gasteiger partial charge in [-0.2, -0.15) is 0 Å². The molecule has 0 aromatic heterocycles. The van der Waals surface area contributed by atoms with Crippen molar-refractivity contribution in [2.45, 2.75) is 46.1 Å². The Morgan fingerprint density at radius 1 is 1.11 bits per heavy atom. The number of carbonyl (C=O) groups excluding carboxylic acids is 1. The van der Waals surface area contributed by atoms with Crippen molar-refractivity contribution in [2.24, 2.45) is 11.7 Å². The monoisotopic (exact) mass is 262 g/mol. The molecule has 1 aromatic carbocycles. The van der Waals surface area contributed by atoms with Crippen LogP contribution in [0.5, 0.6) is 0 Å². The Morgan fingerprint density at radius 2 is 1.63 bits per heavy atom. The van der Waals surface area contributed by atoms with Gasteiger partial charge in [0, 0.05) is 19.0 Å². The number of rotatable bonds is 6. The van der Waals surface area contributed by atoms with E-state index in [1.165, 1.54) is 5.56 Å². The Balaban J connectivity index is 2.49. The van der Waals surface area contributed by atoms with Crippen LogP contribution < -0.4 is 11.1 Å². The average molecular weight is 262 g/mol. The molecule has 0 aliphatic carbocycles. The molecule has 0 fully saturated rings. The summed E-state index contributed by atoms with van der Waals surface area (Å²) in [6, 6.07) is 8.17. The molecule has 106 valence electrons. The van der Waals surface area contributed by atoms with E-state index in [9.17, 15) is 4.79 Å². The van der Waals surface area contributed by atoms with Crippen LogP contribution in [0.25, 0.3) is 0 Å². The smallest absolute Gasteiger partial charge is 0.220 e. The van der Waals surface area contributed by atoms with E-state index in [2.05, 4.69) is 43.4 Å². The molecule has 0 heterocycles. The van der Waals surface area contributed by atoms with Crippen molar-refractivity contribution in [1.82, 2.24) is 5.32 Å². The summed E-state index contributed by atoms with van der Waals surface area (Å²) in [6.07, 6.45) is 0.555. The minimum Gasteiger partial charge on any atom is -0.354 e. The van der Waals surface area contributed by atoms with Crippen LogP contribution in [0.15, 0.2) is 24.3 Å². The third-order valence-corrected chi connectivity index (χ3v) is 3.14. The van der Waals surface area contributed by atoms with E-state index in [1.807, 2.05) is 13.8 Å². The third-order valence-electron chi connectivity index (χ3n) is 3.14. The summed E-state index contributed by atoms with van der Waals surface area (Å²) in [5.41, 5.74) is 8.46. The minimum absolute atomic E-state index is 0.0734. The van der Waals surface area contributed by atoms with Gasteiger partial charge in [-0.15, -0.1) is 0 Å². The van der Waals surface area contributed by atoms with Gasteiger partial charge in [-0.05, 0) is 23.0 Å². The summed E-state index contributed by atoms with van der Waals surface area (Å²) in [6.45, 7) is 8.89. The van der Waals surface area contributed by atoms with Crippen molar-refractivity contribution in [3.63, 3.8) is 0 Å². The highest BCUT2D eigenvalue weighted by atomic mass is 16.1. The number of hydrogen-bond donors (Lipinski definition) is 2. The van der Waals surface area contributed by atoms with Gasteiger partial charge in [0.2, 0.25) is 5.91 Å². The van der Waals surface area contributed by atoms with E-state index in [1.54, 1.807) is 0 Å². The second-order valence-electron chi connectivity index (χ2n) is 5.83. The predicted molar refractivity (Wildman–Crippen MR) is 79.9 cm³/mol. The topological polar surface area (TPSA) is 55.1 Å². The quantitative estimate of drug-likeness (QED) is 0.828. The molecule has 1 atom stereocenters. The Kier molecular flexibility index (Phi) is 6.03. The molecule has 1 rings (SSSR count). The van der Waals surface area contributed by atoms with Crippen LogP contribution in [0.3, 0.4) is 0 Å². The fourth-order valence-corrected chi connectivity index (χ4v) is 1.91. The first-order valence-corrected chi connectivity index (χ1v) is 7.02. The second-order valence-corrected chi connectivity index (χ2v) is 5.83. The van der Waals surface area contributed by atoms with Gasteiger partial charge >= 0.3 is 0 Å². The lowest BCUT2D eigenvalue weighted by Crippen LogP contribution is -2.32. The number of hydrogen-bond acceptors (Lipinski definition) is 2. The molecule has 0 bridgehead atoms. The molecule has 0 saturated heterocycles. The maximum Gasteiger partial charge on any atom is 0.220 e. The molecule has 1 amide bonds. The third kappa shape index (κ3) is 5.43. The van der Waals surface area contributed by atoms with Crippen molar-refractivity contribution in [3.8, 4) is 0 Å². The van der Waals surface area contributed by atoms with E-state index in [0.717, 1.165) is 5.56 Å². The molecule has 3 heteroatoms. The van der Waals surface area contributed by atoms with Crippen molar-refractivity contribution in [1.29, 1.82) is 0 Å². The second kappa shape index (κ2) is 7.29. The van der Waals surface area contributed by atoms with Crippen LogP contribution >= 0.6 is 0 Å². The molecule has 0 radical (unpaired) electrons. The first-order valence-electron chi connectivity index (χ1n) is 7.02. The highest BCUT2D eigenvalue weighted by Gasteiger charge is 2.09. The molecule has 19 heavy (non-hydrogen) atoms. The zero-order valence-electron chi connectivity index (χ0n) is 12.4. The van der Waals surface area contributed by atoms with Crippen LogP contribution in [0.4, 0.5) is 0 Å². The number of nitrogens with two attached hydrogens (primary N) is 1. The van der Waals surface area contributed by atoms with E-state index in [0.29, 0.717) is 24.8 Å². The molecule has 1 unspecified atom stereocenters. The Morgan fingerprint density at radius 3 is 2.11 bits per heavy atom. The molecule has 0 saturated carbocycles. The van der Waals surface area contributed by atoms with Crippen LogP contribution in [-0.4, -0.2) is 12.5 Å². The first-order chi connectivity index (χ1) is 8.90. The maximum atomic E-state index is 11.6. The molecule has 3 N–H and O–H groups in total. The van der Waals surface area contributed by atoms with E-state index < -0.39 is 0 Å². The largest absolute Gasteiger partial charge is 0.354 e. The zero-order valence-corrected chi connectivity index (χ0v) is 12.4. The molecular weight excluding hydrogens is 236 g/mol. The lowest BCUT2D eigenvalue weighted by atomic mass is 9.99. The number of benzene rings is 1. The van der Waals surface area contributed by atoms with Gasteiger partial charge in [-0.1, -0.05) is 52.0 Å². The highest BCUT2D eigenvalue weighted by molar-refractivity contribution is 5.76. The van der Waals surface area contributed by atoms with Crippen molar-refractivity contribution in [3.05, 3.63) is 35.4 Å². The number of carbonyl (C=O) groups is 1. The van der Waals surface area contributed by atoms with Gasteiger partial charge in [0.05, 0.1) is 0 Å². The van der Waals surface area contributed by atoms with Crippen molar-refractivity contribution < 1.29 is 4.79 Å². The van der Waals surface area contributed by atoms with Crippen molar-refractivity contribution >= 4 is 5.91 Å². The summed E-state index contributed by atoms with van der Waals surface area (Å²) < 4.78 is 0. The molecule has 1 aromatic rings. The van der Waals surface area contributed by atoms with Gasteiger partial charge < -0.3 is 11.1 Å². The Hall–Kier alpha value is -1.35. The standard InChI is InChI=1S/C16H26N2O/c1-11(2)9-16(19)18-10-15(17)14-7-5-13(6-8-14)12(3)4/h5-8,11-12,15H,9-10,17H2,1-4H3,(H,18,19). The van der Waals surface area contributed by atoms with Gasteiger partial charge in [0.15, 0.2) is 0 Å². The molecule has 0 spiro atoms. The number of nitrogens with one attached hydrogen (secondary N) is 1. The van der Waals surface area contributed by atoms with E-state index >= 15 is 0 Å². The molecular formula is C16H26N2O. The highest BCUT2D eigenvalue weighted by Crippen LogP contribution is 2.17. The summed E-state index contributed by atoms with van der Waals surface area (Å²) >= 11 is 0. The molecule has 0 aliphatic heterocycles. The van der Waals surface area contributed by atoms with Crippen LogP contribution in [0.2, 0.25) is 0 Å². The summed E-state index contributed by atoms with van der Waals surface area (Å²) in [7, 11) is 0. The average Bonchev–Trinajstić information content (AvgIpc) is 2.35. The minimum atomic E-state index is -0.141. The summed E-state index contributed by atoms with van der Waals surface area (Å²) in [5, 5.41) is 2.89. The number of amides is 1. The van der Waals surface area contributed by atoms with Gasteiger partial charge in [0.25, 0.3) is 0 Å². The Labute approximate surface area is 116 Å². The van der Waals surface area contributed by atoms with Gasteiger partial charge in [0.1, 0.15) is 0 Å². The van der Waals surface area contributed by atoms with Crippen LogP contribution in [0, 0.1) is 5.92 Å². The van der Waals surface area contributed by atoms with E-state index in [-0.39, 0.29) is 11.9 Å². The van der Waals surface area contributed by atoms with Crippen molar-refractivity contribution in [2.75, 3.05) is 6.54 Å². The lowest BCUT2D eigenvalue weighted by molar-refractivity contribution is -0.121. The fourth-order valence-electron chi connectivity index (χ4n) is 1.91. The maximum absolute atomic E-state index is 11.6. The van der Waals surface area contributed by atoms with Crippen LogP contribution in [-0.2, 0) is 4.79 Å². The SMILES string of the molecule is CC(C)CC(=O)NCC(N)c1ccc(C(C)C)cc1. The Bertz CT molecular complexity index is 396. The van der Waals surface area contributed by atoms with Crippen LogP contribution in [0.1, 0.15) is 57.2 Å².